The highest BCUT2D eigenvalue weighted by Crippen LogP contribution is 2.13. The number of hydrogen-bond acceptors (Lipinski definition) is 3. The fraction of sp³-hybridized carbons (Fsp3) is 0.154. The Balaban J connectivity index is 2.14. The molecule has 2 aromatic rings. The summed E-state index contributed by atoms with van der Waals surface area (Å²) in [6, 6.07) is 4.57. The average Bonchev–Trinajstić information content (AvgIpc) is 2.90. The monoisotopic (exact) mass is 259 g/mol. The molecule has 6 heteroatoms. The van der Waals surface area contributed by atoms with Crippen molar-refractivity contribution < 1.29 is 14.7 Å². The number of nitrogens with one attached hydrogen (secondary N) is 1. The van der Waals surface area contributed by atoms with Crippen molar-refractivity contribution >= 4 is 17.7 Å². The molecule has 0 saturated heterocycles. The highest BCUT2D eigenvalue weighted by atomic mass is 16.4. The van der Waals surface area contributed by atoms with Gasteiger partial charge in [-0.15, -0.1) is 0 Å². The second-order valence-electron chi connectivity index (χ2n) is 4.06. The third kappa shape index (κ3) is 2.98. The maximum absolute atomic E-state index is 12.0. The molecule has 6 nitrogen and oxygen atoms in total. The summed E-state index contributed by atoms with van der Waals surface area (Å²) in [6.07, 6.45) is 5.09. The van der Waals surface area contributed by atoms with Crippen LogP contribution in [0.25, 0.3) is 0 Å². The van der Waals surface area contributed by atoms with Crippen molar-refractivity contribution in [3.05, 3.63) is 47.9 Å². The molecule has 2 heterocycles. The van der Waals surface area contributed by atoms with Gasteiger partial charge < -0.3 is 10.1 Å². The van der Waals surface area contributed by atoms with Crippen LogP contribution in [0.5, 0.6) is 0 Å². The molecule has 98 valence electrons. The van der Waals surface area contributed by atoms with Crippen molar-refractivity contribution in [1.29, 1.82) is 0 Å². The molecule has 0 aromatic carbocycles. The van der Waals surface area contributed by atoms with Crippen LogP contribution in [0.2, 0.25) is 0 Å². The predicted octanol–water partition coefficient (Wildman–Crippen LogP) is 1.31. The van der Waals surface area contributed by atoms with Gasteiger partial charge in [-0.1, -0.05) is 0 Å². The van der Waals surface area contributed by atoms with E-state index in [9.17, 15) is 9.59 Å². The highest BCUT2D eigenvalue weighted by molar-refractivity contribution is 5.95. The van der Waals surface area contributed by atoms with E-state index in [4.69, 9.17) is 5.11 Å². The number of nitrogens with zero attached hydrogens (tertiary/aromatic N) is 2. The van der Waals surface area contributed by atoms with E-state index in [-0.39, 0.29) is 17.9 Å². The first-order valence-electron chi connectivity index (χ1n) is 5.65. The van der Waals surface area contributed by atoms with Crippen LogP contribution in [-0.2, 0) is 11.2 Å². The predicted molar refractivity (Wildman–Crippen MR) is 69.1 cm³/mol. The molecule has 0 bridgehead atoms. The zero-order valence-corrected chi connectivity index (χ0v) is 10.3. The molecule has 0 atom stereocenters. The molecule has 2 N–H and O–H groups in total. The van der Waals surface area contributed by atoms with Gasteiger partial charge in [0, 0.05) is 25.6 Å². The normalized spacial score (nSPS) is 10.2. The Bertz CT molecular complexity index is 593. The number of carbonyl (C=O) groups excluding carboxylic acids is 1. The van der Waals surface area contributed by atoms with Crippen LogP contribution in [-0.4, -0.2) is 34.0 Å². The summed E-state index contributed by atoms with van der Waals surface area (Å²) < 4.78 is 0. The quantitative estimate of drug-likeness (QED) is 0.866. The van der Waals surface area contributed by atoms with Gasteiger partial charge >= 0.3 is 5.97 Å². The lowest BCUT2D eigenvalue weighted by Crippen LogP contribution is -2.28. The number of aromatic carboxylic acids is 1. The van der Waals surface area contributed by atoms with E-state index in [0.717, 1.165) is 5.56 Å². The number of amides is 1. The van der Waals surface area contributed by atoms with Crippen LogP contribution in [0.1, 0.15) is 15.9 Å². The molecule has 0 unspecified atom stereocenters. The van der Waals surface area contributed by atoms with Crippen molar-refractivity contribution in [2.45, 2.75) is 6.42 Å². The Morgan fingerprint density at radius 1 is 1.42 bits per heavy atom. The minimum atomic E-state index is -1.05. The molecule has 2 rings (SSSR count). The van der Waals surface area contributed by atoms with Gasteiger partial charge in [-0.25, -0.2) is 9.78 Å². The first kappa shape index (κ1) is 12.8. The Morgan fingerprint density at radius 3 is 2.84 bits per heavy atom. The van der Waals surface area contributed by atoms with Gasteiger partial charge in [0.25, 0.3) is 0 Å². The molecule has 0 radical (unpaired) electrons. The maximum atomic E-state index is 12.0. The summed E-state index contributed by atoms with van der Waals surface area (Å²) in [4.78, 5) is 31.1. The van der Waals surface area contributed by atoms with Gasteiger partial charge in [-0.3, -0.25) is 9.69 Å². The molecule has 0 aliphatic heterocycles. The number of hydrogen-bond donors (Lipinski definition) is 2. The van der Waals surface area contributed by atoms with Crippen LogP contribution in [0.4, 0.5) is 5.82 Å². The van der Waals surface area contributed by atoms with Crippen molar-refractivity contribution in [2.75, 3.05) is 11.9 Å². The molecule has 0 fully saturated rings. The van der Waals surface area contributed by atoms with E-state index in [1.54, 1.807) is 19.4 Å². The first-order valence-corrected chi connectivity index (χ1v) is 5.65. The summed E-state index contributed by atoms with van der Waals surface area (Å²) in [7, 11) is 1.57. The van der Waals surface area contributed by atoms with Crippen molar-refractivity contribution in [3.8, 4) is 0 Å². The van der Waals surface area contributed by atoms with Crippen LogP contribution >= 0.6 is 0 Å². The zero-order chi connectivity index (χ0) is 13.8. The smallest absolute Gasteiger partial charge is 0.335 e. The minimum absolute atomic E-state index is 0.103. The minimum Gasteiger partial charge on any atom is -0.478 e. The number of carbonyl (C=O) groups is 2. The van der Waals surface area contributed by atoms with Gasteiger partial charge in [0.2, 0.25) is 5.91 Å². The summed E-state index contributed by atoms with van der Waals surface area (Å²) in [5.74, 6) is -0.884. The van der Waals surface area contributed by atoms with E-state index in [0.29, 0.717) is 5.82 Å². The summed E-state index contributed by atoms with van der Waals surface area (Å²) in [6.45, 7) is 0. The van der Waals surface area contributed by atoms with E-state index in [1.807, 2.05) is 6.07 Å². The van der Waals surface area contributed by atoms with E-state index >= 15 is 0 Å². The van der Waals surface area contributed by atoms with Crippen LogP contribution in [0, 0.1) is 0 Å². The largest absolute Gasteiger partial charge is 0.478 e. The number of carboxylic acid groups (broad SMARTS) is 1. The fourth-order valence-electron chi connectivity index (χ4n) is 1.62. The van der Waals surface area contributed by atoms with Crippen molar-refractivity contribution in [3.63, 3.8) is 0 Å². The Morgan fingerprint density at radius 2 is 2.21 bits per heavy atom. The topological polar surface area (TPSA) is 86.3 Å². The van der Waals surface area contributed by atoms with Crippen molar-refractivity contribution in [1.82, 2.24) is 9.97 Å². The molecule has 0 saturated carbocycles. The standard InChI is InChI=1S/C13H13N3O3/c1-16(12(17)6-9-2-4-14-8-9)11-7-10(13(18)19)3-5-15-11/h2-5,7-8,14H,6H2,1H3,(H,18,19). The third-order valence-corrected chi connectivity index (χ3v) is 2.73. The maximum Gasteiger partial charge on any atom is 0.335 e. The van der Waals surface area contributed by atoms with Crippen LogP contribution < -0.4 is 4.90 Å². The molecular formula is C13H13N3O3. The first-order chi connectivity index (χ1) is 9.08. The second kappa shape index (κ2) is 5.34. The number of carboxylic acids is 1. The summed E-state index contributed by atoms with van der Waals surface area (Å²) >= 11 is 0. The Hall–Kier alpha value is -2.63. The summed E-state index contributed by atoms with van der Waals surface area (Å²) in [5.41, 5.74) is 0.970. The second-order valence-corrected chi connectivity index (χ2v) is 4.06. The van der Waals surface area contributed by atoms with E-state index in [1.165, 1.54) is 23.2 Å². The zero-order valence-electron chi connectivity index (χ0n) is 10.3. The summed E-state index contributed by atoms with van der Waals surface area (Å²) in [5, 5.41) is 8.90. The molecule has 1 amide bonds. The number of aromatic amines is 1. The molecule has 0 aliphatic carbocycles. The molecule has 19 heavy (non-hydrogen) atoms. The van der Waals surface area contributed by atoms with Crippen molar-refractivity contribution in [2.24, 2.45) is 0 Å². The highest BCUT2D eigenvalue weighted by Gasteiger charge is 2.14. The molecular weight excluding hydrogens is 246 g/mol. The lowest BCUT2D eigenvalue weighted by molar-refractivity contribution is -0.117. The average molecular weight is 259 g/mol. The number of rotatable bonds is 4. The number of anilines is 1. The lowest BCUT2D eigenvalue weighted by Gasteiger charge is -2.16. The number of pyridine rings is 1. The van der Waals surface area contributed by atoms with Gasteiger partial charge in [0.1, 0.15) is 5.82 Å². The molecule has 0 spiro atoms. The van der Waals surface area contributed by atoms with E-state index < -0.39 is 5.97 Å². The third-order valence-electron chi connectivity index (χ3n) is 2.73. The van der Waals surface area contributed by atoms with Crippen LogP contribution in [0.3, 0.4) is 0 Å². The van der Waals surface area contributed by atoms with E-state index in [2.05, 4.69) is 9.97 Å². The Labute approximate surface area is 109 Å². The van der Waals surface area contributed by atoms with Gasteiger partial charge in [-0.05, 0) is 23.8 Å². The number of likely N-dealkylation sites (N-methyl/N-ethyl adjacent to an activating group) is 1. The van der Waals surface area contributed by atoms with Gasteiger partial charge in [0.05, 0.1) is 12.0 Å². The SMILES string of the molecule is CN(C(=O)Cc1cc[nH]c1)c1cc(C(=O)O)ccn1. The van der Waals surface area contributed by atoms with Gasteiger partial charge in [-0.2, -0.15) is 0 Å². The van der Waals surface area contributed by atoms with Gasteiger partial charge in [0.15, 0.2) is 0 Å². The number of aromatic nitrogens is 2. The Kier molecular flexibility index (Phi) is 3.61. The number of H-pyrrole nitrogens is 1. The molecule has 0 aliphatic rings. The molecule has 2 aromatic heterocycles. The fourth-order valence-corrected chi connectivity index (χ4v) is 1.62. The van der Waals surface area contributed by atoms with Crippen LogP contribution in [0.15, 0.2) is 36.8 Å². The lowest BCUT2D eigenvalue weighted by atomic mass is 10.2.